The highest BCUT2D eigenvalue weighted by Crippen LogP contribution is 2.31. The van der Waals surface area contributed by atoms with Crippen LogP contribution in [-0.4, -0.2) is 23.3 Å². The number of hydrogen-bond acceptors (Lipinski definition) is 3. The highest BCUT2D eigenvalue weighted by Gasteiger charge is 2.25. The summed E-state index contributed by atoms with van der Waals surface area (Å²) < 4.78 is 0. The van der Waals surface area contributed by atoms with Crippen molar-refractivity contribution in [2.75, 3.05) is 11.9 Å². The predicted molar refractivity (Wildman–Crippen MR) is 81.8 cm³/mol. The maximum atomic E-state index is 12.1. The van der Waals surface area contributed by atoms with E-state index < -0.39 is 11.5 Å². The van der Waals surface area contributed by atoms with E-state index in [-0.39, 0.29) is 17.4 Å². The standard InChI is InChI=1S/C16H15N3O3/c20-14-8-10(11-4-1-2-6-13(11)19-14)9-18-16(22)12-5-3-7-17-15(12)21/h1-7,10H,8-9H2,(H,17,21)(H,18,22)(H,19,20). The summed E-state index contributed by atoms with van der Waals surface area (Å²) in [5, 5.41) is 5.54. The highest BCUT2D eigenvalue weighted by molar-refractivity contribution is 5.95. The van der Waals surface area contributed by atoms with Crippen molar-refractivity contribution in [2.24, 2.45) is 0 Å². The molecular formula is C16H15N3O3. The molecule has 22 heavy (non-hydrogen) atoms. The number of pyridine rings is 1. The van der Waals surface area contributed by atoms with Gasteiger partial charge in [-0.25, -0.2) is 0 Å². The third kappa shape index (κ3) is 2.76. The van der Waals surface area contributed by atoms with Crippen LogP contribution in [0.25, 0.3) is 0 Å². The number of H-pyrrole nitrogens is 1. The zero-order chi connectivity index (χ0) is 15.5. The molecule has 0 saturated heterocycles. The monoisotopic (exact) mass is 297 g/mol. The van der Waals surface area contributed by atoms with Crippen molar-refractivity contribution < 1.29 is 9.59 Å². The number of aromatic nitrogens is 1. The number of amides is 2. The molecule has 1 aromatic heterocycles. The number of carbonyl (C=O) groups excluding carboxylic acids is 2. The van der Waals surface area contributed by atoms with E-state index in [0.29, 0.717) is 13.0 Å². The van der Waals surface area contributed by atoms with Crippen LogP contribution in [0, 0.1) is 0 Å². The minimum atomic E-state index is -0.440. The van der Waals surface area contributed by atoms with Gasteiger partial charge in [-0.2, -0.15) is 0 Å². The van der Waals surface area contributed by atoms with Gasteiger partial charge in [-0.05, 0) is 23.8 Å². The average Bonchev–Trinajstić information content (AvgIpc) is 2.52. The van der Waals surface area contributed by atoms with Gasteiger partial charge in [0.05, 0.1) is 0 Å². The first kappa shape index (κ1) is 14.1. The lowest BCUT2D eigenvalue weighted by atomic mass is 9.90. The molecular weight excluding hydrogens is 282 g/mol. The maximum absolute atomic E-state index is 12.1. The van der Waals surface area contributed by atoms with E-state index in [1.807, 2.05) is 24.3 Å². The first-order valence-electron chi connectivity index (χ1n) is 7.00. The summed E-state index contributed by atoms with van der Waals surface area (Å²) in [5.41, 5.74) is 1.40. The van der Waals surface area contributed by atoms with E-state index in [0.717, 1.165) is 11.3 Å². The lowest BCUT2D eigenvalue weighted by molar-refractivity contribution is -0.116. The van der Waals surface area contributed by atoms with Gasteiger partial charge in [-0.15, -0.1) is 0 Å². The number of fused-ring (bicyclic) bond motifs is 1. The SMILES string of the molecule is O=C1CC(CNC(=O)c2ccc[nH]c2=O)c2ccccc2N1. The minimum Gasteiger partial charge on any atom is -0.351 e. The second-order valence-electron chi connectivity index (χ2n) is 5.16. The fourth-order valence-corrected chi connectivity index (χ4v) is 2.60. The largest absolute Gasteiger partial charge is 0.351 e. The molecule has 0 aliphatic carbocycles. The number of rotatable bonds is 3. The van der Waals surface area contributed by atoms with E-state index in [9.17, 15) is 14.4 Å². The molecule has 1 aromatic carbocycles. The van der Waals surface area contributed by atoms with Gasteiger partial charge in [0.1, 0.15) is 5.56 Å². The summed E-state index contributed by atoms with van der Waals surface area (Å²) in [7, 11) is 0. The second kappa shape index (κ2) is 5.85. The van der Waals surface area contributed by atoms with Crippen molar-refractivity contribution >= 4 is 17.5 Å². The Morgan fingerprint density at radius 1 is 1.18 bits per heavy atom. The Balaban J connectivity index is 1.75. The number of benzene rings is 1. The highest BCUT2D eigenvalue weighted by atomic mass is 16.2. The molecule has 2 heterocycles. The summed E-state index contributed by atoms with van der Waals surface area (Å²) in [5.74, 6) is -0.613. The van der Waals surface area contributed by atoms with Crippen LogP contribution in [0.1, 0.15) is 28.3 Å². The number of nitrogens with one attached hydrogen (secondary N) is 3. The van der Waals surface area contributed by atoms with E-state index in [2.05, 4.69) is 15.6 Å². The van der Waals surface area contributed by atoms with E-state index in [4.69, 9.17) is 0 Å². The molecule has 1 aliphatic rings. The van der Waals surface area contributed by atoms with E-state index in [1.54, 1.807) is 6.07 Å². The van der Waals surface area contributed by atoms with Gasteiger partial charge < -0.3 is 15.6 Å². The number of anilines is 1. The van der Waals surface area contributed by atoms with Crippen LogP contribution in [0.4, 0.5) is 5.69 Å². The van der Waals surface area contributed by atoms with Crippen molar-refractivity contribution in [2.45, 2.75) is 12.3 Å². The quantitative estimate of drug-likeness (QED) is 0.795. The Kier molecular flexibility index (Phi) is 3.74. The maximum Gasteiger partial charge on any atom is 0.260 e. The van der Waals surface area contributed by atoms with Crippen LogP contribution < -0.4 is 16.2 Å². The molecule has 0 saturated carbocycles. The minimum absolute atomic E-state index is 0.0658. The molecule has 3 N–H and O–H groups in total. The van der Waals surface area contributed by atoms with E-state index in [1.165, 1.54) is 12.3 Å². The normalized spacial score (nSPS) is 16.5. The molecule has 2 aromatic rings. The predicted octanol–water partition coefficient (Wildman–Crippen LogP) is 1.23. The van der Waals surface area contributed by atoms with Crippen LogP contribution in [0.5, 0.6) is 0 Å². The van der Waals surface area contributed by atoms with E-state index >= 15 is 0 Å². The second-order valence-corrected chi connectivity index (χ2v) is 5.16. The lowest BCUT2D eigenvalue weighted by Crippen LogP contribution is -2.35. The van der Waals surface area contributed by atoms with Crippen LogP contribution >= 0.6 is 0 Å². The Morgan fingerprint density at radius 3 is 2.82 bits per heavy atom. The summed E-state index contributed by atoms with van der Waals surface area (Å²) in [6.45, 7) is 0.303. The zero-order valence-electron chi connectivity index (χ0n) is 11.8. The van der Waals surface area contributed by atoms with Crippen LogP contribution in [0.15, 0.2) is 47.4 Å². The van der Waals surface area contributed by atoms with Gasteiger partial charge in [0, 0.05) is 30.8 Å². The number of para-hydroxylation sites is 1. The molecule has 2 amide bonds. The first-order valence-corrected chi connectivity index (χ1v) is 7.00. The molecule has 1 atom stereocenters. The summed E-state index contributed by atoms with van der Waals surface area (Å²) >= 11 is 0. The molecule has 112 valence electrons. The molecule has 1 unspecified atom stereocenters. The first-order chi connectivity index (χ1) is 10.6. The van der Waals surface area contributed by atoms with Crippen LogP contribution in [0.3, 0.4) is 0 Å². The number of hydrogen-bond donors (Lipinski definition) is 3. The fourth-order valence-electron chi connectivity index (χ4n) is 2.60. The van der Waals surface area contributed by atoms with Crippen LogP contribution in [0.2, 0.25) is 0 Å². The average molecular weight is 297 g/mol. The molecule has 0 fully saturated rings. The number of aromatic amines is 1. The smallest absolute Gasteiger partial charge is 0.260 e. The zero-order valence-corrected chi connectivity index (χ0v) is 11.8. The Bertz CT molecular complexity index is 782. The topological polar surface area (TPSA) is 91.1 Å². The molecule has 0 radical (unpaired) electrons. The van der Waals surface area contributed by atoms with Crippen molar-refractivity contribution in [1.29, 1.82) is 0 Å². The molecule has 6 heteroatoms. The van der Waals surface area contributed by atoms with Gasteiger partial charge in [-0.3, -0.25) is 14.4 Å². The Morgan fingerprint density at radius 2 is 2.00 bits per heavy atom. The van der Waals surface area contributed by atoms with Crippen molar-refractivity contribution in [1.82, 2.24) is 10.3 Å². The van der Waals surface area contributed by atoms with Gasteiger partial charge in [0.2, 0.25) is 5.91 Å². The van der Waals surface area contributed by atoms with Crippen molar-refractivity contribution in [3.8, 4) is 0 Å². The fraction of sp³-hybridized carbons (Fsp3) is 0.188. The molecule has 3 rings (SSSR count). The summed E-state index contributed by atoms with van der Waals surface area (Å²) in [6, 6.07) is 10.6. The summed E-state index contributed by atoms with van der Waals surface area (Å²) in [4.78, 5) is 37.8. The molecule has 0 spiro atoms. The van der Waals surface area contributed by atoms with Crippen molar-refractivity contribution in [3.05, 3.63) is 64.1 Å². The molecule has 0 bridgehead atoms. The van der Waals surface area contributed by atoms with Crippen LogP contribution in [-0.2, 0) is 4.79 Å². The molecule has 6 nitrogen and oxygen atoms in total. The van der Waals surface area contributed by atoms with Gasteiger partial charge in [-0.1, -0.05) is 18.2 Å². The Hall–Kier alpha value is -2.89. The summed E-state index contributed by atoms with van der Waals surface area (Å²) in [6.07, 6.45) is 1.78. The number of carbonyl (C=O) groups is 2. The van der Waals surface area contributed by atoms with Gasteiger partial charge >= 0.3 is 0 Å². The lowest BCUT2D eigenvalue weighted by Gasteiger charge is -2.25. The van der Waals surface area contributed by atoms with Gasteiger partial charge in [0.25, 0.3) is 11.5 Å². The third-order valence-corrected chi connectivity index (χ3v) is 3.68. The van der Waals surface area contributed by atoms with Crippen molar-refractivity contribution in [3.63, 3.8) is 0 Å². The third-order valence-electron chi connectivity index (χ3n) is 3.68. The Labute approximate surface area is 126 Å². The molecule has 1 aliphatic heterocycles. The van der Waals surface area contributed by atoms with Gasteiger partial charge in [0.15, 0.2) is 0 Å².